The Kier molecular flexibility index (Phi) is 4.43. The highest BCUT2D eigenvalue weighted by Crippen LogP contribution is 2.25. The van der Waals surface area contributed by atoms with Gasteiger partial charge >= 0.3 is 5.69 Å². The molecular weight excluding hydrogens is 352 g/mol. The van der Waals surface area contributed by atoms with Crippen molar-refractivity contribution >= 4 is 16.9 Å². The summed E-state index contributed by atoms with van der Waals surface area (Å²) in [6, 6.07) is 13.5. The molecule has 4 aromatic rings. The fourth-order valence-electron chi connectivity index (χ4n) is 3.36. The smallest absolute Gasteiger partial charge is 0.323 e. The van der Waals surface area contributed by atoms with Gasteiger partial charge in [0.05, 0.1) is 22.4 Å². The molecule has 7 nitrogen and oxygen atoms in total. The molecule has 0 aliphatic heterocycles. The number of hydrogen-bond acceptors (Lipinski definition) is 5. The van der Waals surface area contributed by atoms with Gasteiger partial charge in [-0.15, -0.1) is 10.2 Å². The molecule has 0 radical (unpaired) electrons. The topological polar surface area (TPSA) is 99.3 Å². The Labute approximate surface area is 162 Å². The van der Waals surface area contributed by atoms with Gasteiger partial charge in [0.25, 0.3) is 0 Å². The number of nitrogens with zero attached hydrogens (tertiary/aromatic N) is 3. The van der Waals surface area contributed by atoms with E-state index in [4.69, 9.17) is 0 Å². The minimum atomic E-state index is -0.219. The number of hydrogen-bond donors (Lipinski definition) is 3. The van der Waals surface area contributed by atoms with E-state index < -0.39 is 0 Å². The lowest BCUT2D eigenvalue weighted by Crippen LogP contribution is -2.30. The largest absolute Gasteiger partial charge is 0.368 e. The summed E-state index contributed by atoms with van der Waals surface area (Å²) in [6.07, 6.45) is 1.83. The van der Waals surface area contributed by atoms with Crippen molar-refractivity contribution in [2.45, 2.75) is 26.2 Å². The van der Waals surface area contributed by atoms with Crippen LogP contribution in [0.4, 0.5) is 5.82 Å². The Morgan fingerprint density at radius 1 is 1.04 bits per heavy atom. The fourth-order valence-corrected chi connectivity index (χ4v) is 3.36. The number of fused-ring (bicyclic) bond motifs is 1. The zero-order chi connectivity index (χ0) is 19.7. The average molecular weight is 374 g/mol. The van der Waals surface area contributed by atoms with Crippen LogP contribution in [0, 0.1) is 6.92 Å². The van der Waals surface area contributed by atoms with Gasteiger partial charge in [-0.25, -0.2) is 4.79 Å². The summed E-state index contributed by atoms with van der Waals surface area (Å²) in [5.74, 6) is 0.710. The van der Waals surface area contributed by atoms with Gasteiger partial charge in [0.1, 0.15) is 5.82 Å². The molecule has 142 valence electrons. The van der Waals surface area contributed by atoms with Crippen LogP contribution in [0.1, 0.15) is 25.1 Å². The summed E-state index contributed by atoms with van der Waals surface area (Å²) in [7, 11) is 0. The van der Waals surface area contributed by atoms with Crippen LogP contribution in [0.2, 0.25) is 0 Å². The molecule has 0 bridgehead atoms. The number of imidazole rings is 1. The van der Waals surface area contributed by atoms with Crippen LogP contribution in [-0.4, -0.2) is 31.7 Å². The van der Waals surface area contributed by atoms with Gasteiger partial charge in [0.2, 0.25) is 0 Å². The van der Waals surface area contributed by atoms with Gasteiger partial charge in [0.15, 0.2) is 0 Å². The first-order valence-electron chi connectivity index (χ1n) is 9.14. The predicted molar refractivity (Wildman–Crippen MR) is 110 cm³/mol. The first kappa shape index (κ1) is 17.9. The highest BCUT2D eigenvalue weighted by Gasteiger charge is 2.24. The van der Waals surface area contributed by atoms with E-state index in [1.807, 2.05) is 42.6 Å². The summed E-state index contributed by atoms with van der Waals surface area (Å²) in [5.41, 5.74) is 5.04. The minimum absolute atomic E-state index is 0.142. The SMILES string of the molecule is Cc1cccnc1C(C)(C)CNc1ccc(-c2ccc3[nH]c(=O)[nH]c3c2)nn1. The highest BCUT2D eigenvalue weighted by molar-refractivity contribution is 5.80. The number of rotatable bonds is 5. The Bertz CT molecular complexity index is 1170. The number of anilines is 1. The van der Waals surface area contributed by atoms with Gasteiger partial charge in [-0.1, -0.05) is 26.0 Å². The summed E-state index contributed by atoms with van der Waals surface area (Å²) in [4.78, 5) is 21.4. The molecular formula is C21H22N6O. The molecule has 0 aliphatic carbocycles. The second-order valence-corrected chi connectivity index (χ2v) is 7.55. The van der Waals surface area contributed by atoms with Gasteiger partial charge in [-0.05, 0) is 42.8 Å². The maximum Gasteiger partial charge on any atom is 0.323 e. The molecule has 0 spiro atoms. The third kappa shape index (κ3) is 3.51. The van der Waals surface area contributed by atoms with Gasteiger partial charge in [-0.2, -0.15) is 0 Å². The summed E-state index contributed by atoms with van der Waals surface area (Å²) < 4.78 is 0. The lowest BCUT2D eigenvalue weighted by Gasteiger charge is -2.26. The number of aromatic amines is 2. The van der Waals surface area contributed by atoms with E-state index in [9.17, 15) is 4.79 Å². The summed E-state index contributed by atoms with van der Waals surface area (Å²) in [6.45, 7) is 7.08. The van der Waals surface area contributed by atoms with Gasteiger partial charge in [-0.3, -0.25) is 4.98 Å². The summed E-state index contributed by atoms with van der Waals surface area (Å²) in [5, 5.41) is 12.0. The Morgan fingerprint density at radius 3 is 2.61 bits per heavy atom. The third-order valence-corrected chi connectivity index (χ3v) is 4.84. The van der Waals surface area contributed by atoms with Crippen LogP contribution in [0.5, 0.6) is 0 Å². The van der Waals surface area contributed by atoms with E-state index in [0.717, 1.165) is 28.0 Å². The second-order valence-electron chi connectivity index (χ2n) is 7.55. The van der Waals surface area contributed by atoms with E-state index in [1.165, 1.54) is 5.56 Å². The molecule has 1 aromatic carbocycles. The van der Waals surface area contributed by atoms with Crippen molar-refractivity contribution in [3.63, 3.8) is 0 Å². The molecule has 3 aromatic heterocycles. The molecule has 7 heteroatoms. The quantitative estimate of drug-likeness (QED) is 0.497. The molecule has 4 rings (SSSR count). The van der Waals surface area contributed by atoms with Crippen LogP contribution in [-0.2, 0) is 5.41 Å². The molecule has 0 saturated carbocycles. The van der Waals surface area contributed by atoms with E-state index >= 15 is 0 Å². The monoisotopic (exact) mass is 374 g/mol. The molecule has 3 heterocycles. The lowest BCUT2D eigenvalue weighted by atomic mass is 9.86. The number of aromatic nitrogens is 5. The predicted octanol–water partition coefficient (Wildman–Crippen LogP) is 3.41. The van der Waals surface area contributed by atoms with Crippen molar-refractivity contribution in [1.82, 2.24) is 25.1 Å². The number of nitrogens with one attached hydrogen (secondary N) is 3. The normalized spacial score (nSPS) is 11.7. The third-order valence-electron chi connectivity index (χ3n) is 4.84. The Hall–Kier alpha value is -3.48. The zero-order valence-electron chi connectivity index (χ0n) is 16.1. The number of benzene rings is 1. The maximum absolute atomic E-state index is 11.4. The minimum Gasteiger partial charge on any atom is -0.368 e. The van der Waals surface area contributed by atoms with E-state index in [0.29, 0.717) is 12.4 Å². The van der Waals surface area contributed by atoms with Crippen molar-refractivity contribution in [1.29, 1.82) is 0 Å². The van der Waals surface area contributed by atoms with Crippen LogP contribution >= 0.6 is 0 Å². The molecule has 0 saturated heterocycles. The number of H-pyrrole nitrogens is 2. The van der Waals surface area contributed by atoms with E-state index in [2.05, 4.69) is 57.3 Å². The van der Waals surface area contributed by atoms with E-state index in [-0.39, 0.29) is 11.1 Å². The number of pyridine rings is 1. The molecule has 0 aliphatic rings. The van der Waals surface area contributed by atoms with Gasteiger partial charge in [0, 0.05) is 23.7 Å². The lowest BCUT2D eigenvalue weighted by molar-refractivity contribution is 0.533. The molecule has 0 amide bonds. The van der Waals surface area contributed by atoms with Crippen LogP contribution in [0.3, 0.4) is 0 Å². The first-order valence-corrected chi connectivity index (χ1v) is 9.14. The molecule has 0 fully saturated rings. The second kappa shape index (κ2) is 6.92. The van der Waals surface area contributed by atoms with Crippen molar-refractivity contribution in [2.75, 3.05) is 11.9 Å². The van der Waals surface area contributed by atoms with Crippen molar-refractivity contribution in [3.8, 4) is 11.3 Å². The summed E-state index contributed by atoms with van der Waals surface area (Å²) >= 11 is 0. The van der Waals surface area contributed by atoms with Crippen molar-refractivity contribution in [3.05, 3.63) is 70.4 Å². The van der Waals surface area contributed by atoms with Crippen LogP contribution in [0.15, 0.2) is 53.5 Å². The molecule has 3 N–H and O–H groups in total. The Morgan fingerprint density at radius 2 is 1.86 bits per heavy atom. The molecule has 0 unspecified atom stereocenters. The van der Waals surface area contributed by atoms with E-state index in [1.54, 1.807) is 0 Å². The zero-order valence-corrected chi connectivity index (χ0v) is 16.1. The average Bonchev–Trinajstić information content (AvgIpc) is 3.06. The first-order chi connectivity index (χ1) is 13.4. The molecule has 28 heavy (non-hydrogen) atoms. The van der Waals surface area contributed by atoms with Gasteiger partial charge < -0.3 is 15.3 Å². The maximum atomic E-state index is 11.4. The molecule has 0 atom stereocenters. The standard InChI is InChI=1S/C21H22N6O/c1-13-5-4-10-22-19(13)21(2,3)12-23-18-9-8-15(26-27-18)14-6-7-16-17(11-14)25-20(28)24-16/h4-11H,12H2,1-3H3,(H,23,27)(H2,24,25,28). The Balaban J connectivity index is 1.50. The number of aryl methyl sites for hydroxylation is 1. The van der Waals surface area contributed by atoms with Crippen molar-refractivity contribution < 1.29 is 0 Å². The van der Waals surface area contributed by atoms with Crippen molar-refractivity contribution in [2.24, 2.45) is 0 Å². The fraction of sp³-hybridized carbons (Fsp3) is 0.238. The van der Waals surface area contributed by atoms with Crippen LogP contribution < -0.4 is 11.0 Å². The highest BCUT2D eigenvalue weighted by atomic mass is 16.1. The van der Waals surface area contributed by atoms with Crippen LogP contribution in [0.25, 0.3) is 22.3 Å².